The minimum absolute atomic E-state index is 0.247. The number of aromatic nitrogens is 1. The number of esters is 1. The van der Waals surface area contributed by atoms with Gasteiger partial charge >= 0.3 is 5.97 Å². The van der Waals surface area contributed by atoms with Crippen LogP contribution in [0.25, 0.3) is 9.88 Å². The van der Waals surface area contributed by atoms with Crippen molar-refractivity contribution < 1.29 is 14.3 Å². The molecule has 0 radical (unpaired) electrons. The zero-order valence-corrected chi connectivity index (χ0v) is 16.1. The van der Waals surface area contributed by atoms with Crippen molar-refractivity contribution in [3.05, 3.63) is 64.0 Å². The zero-order chi connectivity index (χ0) is 18.5. The van der Waals surface area contributed by atoms with Crippen molar-refractivity contribution in [1.82, 2.24) is 9.88 Å². The molecule has 0 bridgehead atoms. The summed E-state index contributed by atoms with van der Waals surface area (Å²) < 4.78 is 5.20. The number of carbonyl (C=O) groups excluding carboxylic acids is 2. The van der Waals surface area contributed by atoms with Gasteiger partial charge in [0.15, 0.2) is 6.61 Å². The van der Waals surface area contributed by atoms with Gasteiger partial charge in [-0.15, -0.1) is 22.7 Å². The Balaban J connectivity index is 1.57. The molecule has 5 nitrogen and oxygen atoms in total. The van der Waals surface area contributed by atoms with Gasteiger partial charge in [0.05, 0.1) is 10.6 Å². The second-order valence-corrected chi connectivity index (χ2v) is 7.67. The highest BCUT2D eigenvalue weighted by Gasteiger charge is 2.20. The molecule has 0 aliphatic heterocycles. The van der Waals surface area contributed by atoms with Crippen molar-refractivity contribution >= 4 is 34.6 Å². The Morgan fingerprint density at radius 2 is 1.92 bits per heavy atom. The molecule has 26 heavy (non-hydrogen) atoms. The zero-order valence-electron chi connectivity index (χ0n) is 14.5. The van der Waals surface area contributed by atoms with E-state index in [4.69, 9.17) is 4.74 Å². The van der Waals surface area contributed by atoms with Gasteiger partial charge in [-0.25, -0.2) is 9.78 Å². The summed E-state index contributed by atoms with van der Waals surface area (Å²) in [6.45, 7) is 1.96. The van der Waals surface area contributed by atoms with Crippen LogP contribution in [0.2, 0.25) is 0 Å². The fourth-order valence-corrected chi connectivity index (χ4v) is 4.10. The van der Waals surface area contributed by atoms with Crippen LogP contribution in [0.5, 0.6) is 0 Å². The Labute approximate surface area is 159 Å². The molecule has 0 saturated heterocycles. The summed E-state index contributed by atoms with van der Waals surface area (Å²) in [6.07, 6.45) is 0. The molecular formula is C19H18N2O3S2. The Morgan fingerprint density at radius 3 is 2.62 bits per heavy atom. The fourth-order valence-electron chi connectivity index (χ4n) is 2.34. The molecule has 2 aromatic heterocycles. The van der Waals surface area contributed by atoms with Crippen LogP contribution in [0.1, 0.15) is 20.9 Å². The molecule has 0 atom stereocenters. The van der Waals surface area contributed by atoms with Crippen molar-refractivity contribution in [3.63, 3.8) is 0 Å². The maximum atomic E-state index is 12.3. The van der Waals surface area contributed by atoms with Gasteiger partial charge < -0.3 is 9.64 Å². The molecule has 1 amide bonds. The summed E-state index contributed by atoms with van der Waals surface area (Å²) in [6, 6.07) is 13.6. The lowest BCUT2D eigenvalue weighted by Gasteiger charge is -2.17. The quantitative estimate of drug-likeness (QED) is 0.601. The van der Waals surface area contributed by atoms with Crippen LogP contribution in [-0.2, 0) is 16.1 Å². The number of carbonyl (C=O) groups is 2. The number of rotatable bonds is 6. The van der Waals surface area contributed by atoms with Crippen LogP contribution in [-0.4, -0.2) is 35.4 Å². The van der Waals surface area contributed by atoms with Gasteiger partial charge in [0.25, 0.3) is 5.91 Å². The number of benzene rings is 1. The van der Waals surface area contributed by atoms with E-state index in [1.807, 2.05) is 47.8 Å². The molecule has 3 rings (SSSR count). The number of thiophene rings is 1. The third kappa shape index (κ3) is 4.36. The molecule has 0 aliphatic rings. The smallest absolute Gasteiger partial charge is 0.350 e. The molecule has 3 aromatic rings. The number of hydrogen-bond donors (Lipinski definition) is 0. The predicted octanol–water partition coefficient (Wildman–Crippen LogP) is 4.00. The number of ether oxygens (including phenoxy) is 1. The van der Waals surface area contributed by atoms with E-state index in [1.165, 1.54) is 11.3 Å². The summed E-state index contributed by atoms with van der Waals surface area (Å²) >= 11 is 2.86. The Bertz CT molecular complexity index is 889. The van der Waals surface area contributed by atoms with Gasteiger partial charge in [0.2, 0.25) is 0 Å². The third-order valence-electron chi connectivity index (χ3n) is 3.73. The Morgan fingerprint density at radius 1 is 1.15 bits per heavy atom. The van der Waals surface area contributed by atoms with Crippen LogP contribution in [0.3, 0.4) is 0 Å². The SMILES string of the molecule is Cc1nc(-c2cccs2)sc1C(=O)OCC(=O)N(C)Cc1ccccc1. The number of hydrogen-bond acceptors (Lipinski definition) is 6. The van der Waals surface area contributed by atoms with E-state index in [-0.39, 0.29) is 12.5 Å². The highest BCUT2D eigenvalue weighted by atomic mass is 32.1. The molecule has 0 saturated carbocycles. The normalized spacial score (nSPS) is 10.5. The molecule has 0 unspecified atom stereocenters. The van der Waals surface area contributed by atoms with Crippen LogP contribution < -0.4 is 0 Å². The first-order valence-electron chi connectivity index (χ1n) is 8.01. The van der Waals surface area contributed by atoms with Gasteiger partial charge in [-0.05, 0) is 23.9 Å². The molecule has 0 N–H and O–H groups in total. The molecule has 2 heterocycles. The van der Waals surface area contributed by atoms with Crippen LogP contribution >= 0.6 is 22.7 Å². The highest BCUT2D eigenvalue weighted by molar-refractivity contribution is 7.22. The highest BCUT2D eigenvalue weighted by Crippen LogP contribution is 2.31. The number of aryl methyl sites for hydroxylation is 1. The van der Waals surface area contributed by atoms with E-state index in [0.29, 0.717) is 17.1 Å². The maximum Gasteiger partial charge on any atom is 0.350 e. The number of nitrogens with zero attached hydrogens (tertiary/aromatic N) is 2. The Hall–Kier alpha value is -2.51. The number of thiazole rings is 1. The summed E-state index contributed by atoms with van der Waals surface area (Å²) in [5.74, 6) is -0.757. The first-order chi connectivity index (χ1) is 12.5. The standard InChI is InChI=1S/C19H18N2O3S2/c1-13-17(26-18(20-13)15-9-6-10-25-15)19(23)24-12-16(22)21(2)11-14-7-4-3-5-8-14/h3-10H,11-12H2,1-2H3. The van der Waals surface area contributed by atoms with Crippen molar-refractivity contribution in [3.8, 4) is 9.88 Å². The first kappa shape index (κ1) is 18.3. The lowest BCUT2D eigenvalue weighted by atomic mass is 10.2. The van der Waals surface area contributed by atoms with Crippen LogP contribution in [0, 0.1) is 6.92 Å². The van der Waals surface area contributed by atoms with Gasteiger partial charge in [-0.2, -0.15) is 0 Å². The maximum absolute atomic E-state index is 12.3. The van der Waals surface area contributed by atoms with E-state index in [1.54, 1.807) is 30.2 Å². The predicted molar refractivity (Wildman–Crippen MR) is 103 cm³/mol. The third-order valence-corrected chi connectivity index (χ3v) is 5.91. The van der Waals surface area contributed by atoms with Crippen molar-refractivity contribution in [2.45, 2.75) is 13.5 Å². The molecule has 134 valence electrons. The van der Waals surface area contributed by atoms with Gasteiger partial charge in [0, 0.05) is 13.6 Å². The van der Waals surface area contributed by atoms with Gasteiger partial charge in [-0.1, -0.05) is 36.4 Å². The van der Waals surface area contributed by atoms with E-state index in [2.05, 4.69) is 4.98 Å². The monoisotopic (exact) mass is 386 g/mol. The average Bonchev–Trinajstić information content (AvgIpc) is 3.29. The number of likely N-dealkylation sites (N-methyl/N-ethyl adjacent to an activating group) is 1. The summed E-state index contributed by atoms with van der Waals surface area (Å²) in [7, 11) is 1.69. The van der Waals surface area contributed by atoms with Crippen LogP contribution in [0.15, 0.2) is 47.8 Å². The van der Waals surface area contributed by atoms with E-state index < -0.39 is 5.97 Å². The van der Waals surface area contributed by atoms with E-state index in [0.717, 1.165) is 15.4 Å². The summed E-state index contributed by atoms with van der Waals surface area (Å²) in [5, 5.41) is 2.75. The topological polar surface area (TPSA) is 59.5 Å². The van der Waals surface area contributed by atoms with Crippen molar-refractivity contribution in [2.24, 2.45) is 0 Å². The van der Waals surface area contributed by atoms with E-state index in [9.17, 15) is 9.59 Å². The summed E-state index contributed by atoms with van der Waals surface area (Å²) in [4.78, 5) is 31.9. The lowest BCUT2D eigenvalue weighted by molar-refractivity contribution is -0.133. The number of amides is 1. The average molecular weight is 386 g/mol. The van der Waals surface area contributed by atoms with Gasteiger partial charge in [0.1, 0.15) is 9.88 Å². The van der Waals surface area contributed by atoms with Crippen molar-refractivity contribution in [1.29, 1.82) is 0 Å². The van der Waals surface area contributed by atoms with Crippen LogP contribution in [0.4, 0.5) is 0 Å². The largest absolute Gasteiger partial charge is 0.451 e. The molecule has 1 aromatic carbocycles. The molecule has 0 aliphatic carbocycles. The first-order valence-corrected chi connectivity index (χ1v) is 9.70. The molecule has 7 heteroatoms. The molecular weight excluding hydrogens is 368 g/mol. The lowest BCUT2D eigenvalue weighted by Crippen LogP contribution is -2.30. The minimum atomic E-state index is -0.510. The fraction of sp³-hybridized carbons (Fsp3) is 0.211. The second-order valence-electron chi connectivity index (χ2n) is 5.72. The van der Waals surface area contributed by atoms with Crippen molar-refractivity contribution in [2.75, 3.05) is 13.7 Å². The van der Waals surface area contributed by atoms with Gasteiger partial charge in [-0.3, -0.25) is 4.79 Å². The van der Waals surface area contributed by atoms with E-state index >= 15 is 0 Å². The Kier molecular flexibility index (Phi) is 5.80. The molecule has 0 spiro atoms. The molecule has 0 fully saturated rings. The summed E-state index contributed by atoms with van der Waals surface area (Å²) in [5.41, 5.74) is 1.64. The minimum Gasteiger partial charge on any atom is -0.451 e. The second kappa shape index (κ2) is 8.25.